The molecule has 3 aromatic rings. The first-order chi connectivity index (χ1) is 14.4. The Bertz CT molecular complexity index is 1040. The van der Waals surface area contributed by atoms with E-state index in [9.17, 15) is 15.3 Å². The fourth-order valence-electron chi connectivity index (χ4n) is 3.05. The zero-order valence-corrected chi connectivity index (χ0v) is 19.7. The van der Waals surface area contributed by atoms with Crippen LogP contribution in [0.15, 0.2) is 39.3 Å². The van der Waals surface area contributed by atoms with Gasteiger partial charge < -0.3 is 20.1 Å². The van der Waals surface area contributed by atoms with Gasteiger partial charge in [0.15, 0.2) is 0 Å². The number of thioether (sulfide) groups is 1. The Morgan fingerprint density at radius 2 is 2.03 bits per heavy atom. The van der Waals surface area contributed by atoms with E-state index in [2.05, 4.69) is 31.2 Å². The van der Waals surface area contributed by atoms with E-state index in [1.807, 2.05) is 5.38 Å². The fourth-order valence-corrected chi connectivity index (χ4v) is 5.72. The average molecular weight is 554 g/mol. The summed E-state index contributed by atoms with van der Waals surface area (Å²) in [4.78, 5) is 5.01. The molecule has 13 heteroatoms. The summed E-state index contributed by atoms with van der Waals surface area (Å²) in [5.74, 6) is 0. The molecular weight excluding hydrogens is 539 g/mol. The van der Waals surface area contributed by atoms with Crippen LogP contribution < -0.4 is 0 Å². The molecule has 1 fully saturated rings. The second-order valence-corrected chi connectivity index (χ2v) is 10.1. The van der Waals surface area contributed by atoms with E-state index in [4.69, 9.17) is 27.9 Å². The molecule has 3 N–H and O–H groups in total. The van der Waals surface area contributed by atoms with Crippen LogP contribution >= 0.6 is 62.2 Å². The molecule has 30 heavy (non-hydrogen) atoms. The predicted molar refractivity (Wildman–Crippen MR) is 118 cm³/mol. The standard InChI is InChI=1S/C17H15BrCl2N4O4S2/c18-12-6-29-16(21-12)10-4-24(23-22-10)13-14(26)11(5-25)28-17(15(13)27)30-7-1-2-8(19)9(20)3-7/h1-4,6,11,13-15,17,25-27H,5H2/t11?,13-,14-,15?,17+/m0/s1. The monoisotopic (exact) mass is 552 g/mol. The Morgan fingerprint density at radius 3 is 2.70 bits per heavy atom. The molecule has 2 aromatic heterocycles. The van der Waals surface area contributed by atoms with Crippen LogP contribution in [-0.2, 0) is 4.74 Å². The van der Waals surface area contributed by atoms with E-state index in [0.29, 0.717) is 30.2 Å². The van der Waals surface area contributed by atoms with Crippen LogP contribution in [0.3, 0.4) is 0 Å². The van der Waals surface area contributed by atoms with Crippen molar-refractivity contribution in [1.29, 1.82) is 0 Å². The lowest BCUT2D eigenvalue weighted by Gasteiger charge is -2.41. The molecule has 160 valence electrons. The average Bonchev–Trinajstić information content (AvgIpc) is 3.36. The number of rotatable bonds is 5. The molecular formula is C17H15BrCl2N4O4S2. The zero-order chi connectivity index (χ0) is 21.4. The summed E-state index contributed by atoms with van der Waals surface area (Å²) in [5.41, 5.74) is -0.291. The maximum absolute atomic E-state index is 11.0. The minimum atomic E-state index is -1.20. The Labute approximate surface area is 197 Å². The molecule has 0 amide bonds. The van der Waals surface area contributed by atoms with Gasteiger partial charge in [-0.05, 0) is 34.1 Å². The largest absolute Gasteiger partial charge is 0.394 e. The highest BCUT2D eigenvalue weighted by molar-refractivity contribution is 9.10. The maximum Gasteiger partial charge on any atom is 0.146 e. The molecule has 3 heterocycles. The van der Waals surface area contributed by atoms with Gasteiger partial charge in [0.2, 0.25) is 0 Å². The number of hydrogen-bond acceptors (Lipinski definition) is 9. The number of aliphatic hydroxyl groups is 3. The normalized spacial score (nSPS) is 26.8. The lowest BCUT2D eigenvalue weighted by atomic mass is 9.97. The van der Waals surface area contributed by atoms with E-state index >= 15 is 0 Å². The first-order valence-corrected chi connectivity index (χ1v) is 12.0. The third kappa shape index (κ3) is 4.54. The van der Waals surface area contributed by atoms with Crippen molar-refractivity contribution in [3.05, 3.63) is 44.4 Å². The van der Waals surface area contributed by atoms with Crippen molar-refractivity contribution in [3.8, 4) is 10.7 Å². The molecule has 1 aromatic carbocycles. The van der Waals surface area contributed by atoms with Crippen LogP contribution in [0.25, 0.3) is 10.7 Å². The zero-order valence-electron chi connectivity index (χ0n) is 15.0. The first kappa shape index (κ1) is 22.4. The Hall–Kier alpha value is -0.760. The fraction of sp³-hybridized carbons (Fsp3) is 0.353. The molecule has 0 aliphatic carbocycles. The Balaban J connectivity index is 1.61. The number of thiazole rings is 1. The van der Waals surface area contributed by atoms with E-state index in [0.717, 1.165) is 0 Å². The van der Waals surface area contributed by atoms with Gasteiger partial charge in [-0.25, -0.2) is 9.67 Å². The number of benzene rings is 1. The van der Waals surface area contributed by atoms with Crippen LogP contribution in [0, 0.1) is 0 Å². The number of hydrogen-bond donors (Lipinski definition) is 3. The molecule has 0 radical (unpaired) electrons. The van der Waals surface area contributed by atoms with Gasteiger partial charge in [0, 0.05) is 10.3 Å². The third-order valence-electron chi connectivity index (χ3n) is 4.50. The quantitative estimate of drug-likeness (QED) is 0.441. The summed E-state index contributed by atoms with van der Waals surface area (Å²) in [6, 6.07) is 4.16. The molecule has 1 saturated heterocycles. The van der Waals surface area contributed by atoms with Crippen molar-refractivity contribution in [3.63, 3.8) is 0 Å². The summed E-state index contributed by atoms with van der Waals surface area (Å²) >= 11 is 17.9. The highest BCUT2D eigenvalue weighted by Crippen LogP contribution is 2.39. The highest BCUT2D eigenvalue weighted by atomic mass is 79.9. The number of aliphatic hydroxyl groups excluding tert-OH is 3. The van der Waals surface area contributed by atoms with E-state index in [1.165, 1.54) is 27.8 Å². The van der Waals surface area contributed by atoms with Crippen molar-refractivity contribution in [2.45, 2.75) is 34.7 Å². The molecule has 0 spiro atoms. The minimum Gasteiger partial charge on any atom is -0.394 e. The third-order valence-corrected chi connectivity index (χ3v) is 7.96. The molecule has 1 aliphatic rings. The van der Waals surface area contributed by atoms with Gasteiger partial charge in [0.1, 0.15) is 45.1 Å². The van der Waals surface area contributed by atoms with Gasteiger partial charge in [0.05, 0.1) is 22.8 Å². The number of ether oxygens (including phenoxy) is 1. The summed E-state index contributed by atoms with van der Waals surface area (Å²) in [6.07, 6.45) is -1.67. The van der Waals surface area contributed by atoms with E-state index in [1.54, 1.807) is 24.4 Å². The van der Waals surface area contributed by atoms with Crippen molar-refractivity contribution in [2.75, 3.05) is 6.61 Å². The molecule has 0 bridgehead atoms. The lowest BCUT2D eigenvalue weighted by molar-refractivity contribution is -0.178. The molecule has 4 rings (SSSR count). The lowest BCUT2D eigenvalue weighted by Crippen LogP contribution is -2.55. The SMILES string of the molecule is OCC1O[C@H](Sc2ccc(Cl)c(Cl)c2)C(O)[C@@H](n2cc(-c3nc(Br)cs3)nn2)[C@H]1O. The number of nitrogens with zero attached hydrogens (tertiary/aromatic N) is 4. The van der Waals surface area contributed by atoms with Crippen molar-refractivity contribution in [2.24, 2.45) is 0 Å². The van der Waals surface area contributed by atoms with Gasteiger partial charge in [-0.15, -0.1) is 16.4 Å². The Kier molecular flexibility index (Phi) is 7.02. The first-order valence-electron chi connectivity index (χ1n) is 8.64. The highest BCUT2D eigenvalue weighted by Gasteiger charge is 2.46. The number of aromatic nitrogens is 4. The molecule has 2 unspecified atom stereocenters. The van der Waals surface area contributed by atoms with Crippen LogP contribution in [0.2, 0.25) is 10.0 Å². The van der Waals surface area contributed by atoms with Crippen LogP contribution in [-0.4, -0.2) is 65.7 Å². The summed E-state index contributed by atoms with van der Waals surface area (Å²) in [6.45, 7) is -0.427. The van der Waals surface area contributed by atoms with Crippen LogP contribution in [0.1, 0.15) is 6.04 Å². The number of halogens is 3. The van der Waals surface area contributed by atoms with Gasteiger partial charge in [-0.1, -0.05) is 40.2 Å². The summed E-state index contributed by atoms with van der Waals surface area (Å²) < 4.78 is 7.80. The van der Waals surface area contributed by atoms with Crippen LogP contribution in [0.4, 0.5) is 0 Å². The van der Waals surface area contributed by atoms with Gasteiger partial charge in [-0.3, -0.25) is 0 Å². The maximum atomic E-state index is 11.0. The predicted octanol–water partition coefficient (Wildman–Crippen LogP) is 3.24. The van der Waals surface area contributed by atoms with Crippen molar-refractivity contribution in [1.82, 2.24) is 20.0 Å². The topological polar surface area (TPSA) is 114 Å². The van der Waals surface area contributed by atoms with E-state index in [-0.39, 0.29) is 0 Å². The second kappa shape index (κ2) is 9.39. The van der Waals surface area contributed by atoms with Gasteiger partial charge >= 0.3 is 0 Å². The van der Waals surface area contributed by atoms with Crippen molar-refractivity contribution >= 4 is 62.2 Å². The smallest absolute Gasteiger partial charge is 0.146 e. The Morgan fingerprint density at radius 1 is 1.23 bits per heavy atom. The minimum absolute atomic E-state index is 0.373. The van der Waals surface area contributed by atoms with Crippen LogP contribution in [0.5, 0.6) is 0 Å². The van der Waals surface area contributed by atoms with Crippen molar-refractivity contribution < 1.29 is 20.1 Å². The van der Waals surface area contributed by atoms with Gasteiger partial charge in [0.25, 0.3) is 0 Å². The summed E-state index contributed by atoms with van der Waals surface area (Å²) in [7, 11) is 0. The van der Waals surface area contributed by atoms with E-state index < -0.39 is 36.4 Å². The molecule has 1 aliphatic heterocycles. The van der Waals surface area contributed by atoms with Gasteiger partial charge in [-0.2, -0.15) is 0 Å². The molecule has 8 nitrogen and oxygen atoms in total. The second-order valence-electron chi connectivity index (χ2n) is 6.45. The molecule has 5 atom stereocenters. The molecule has 0 saturated carbocycles. The summed E-state index contributed by atoms with van der Waals surface area (Å²) in [5, 5.41) is 42.8.